The third kappa shape index (κ3) is 3.62. The van der Waals surface area contributed by atoms with E-state index in [1.807, 2.05) is 20.2 Å². The number of piperazine rings is 1. The summed E-state index contributed by atoms with van der Waals surface area (Å²) in [6, 6.07) is 6.33. The van der Waals surface area contributed by atoms with Crippen LogP contribution in [-0.4, -0.2) is 63.3 Å². The van der Waals surface area contributed by atoms with E-state index in [2.05, 4.69) is 68.9 Å². The Hall–Kier alpha value is -1.65. The van der Waals surface area contributed by atoms with Crippen molar-refractivity contribution in [3.05, 3.63) is 44.8 Å². The van der Waals surface area contributed by atoms with Crippen LogP contribution in [0.15, 0.2) is 28.1 Å². The molecule has 0 spiro atoms. The van der Waals surface area contributed by atoms with Crippen molar-refractivity contribution in [3.8, 4) is 0 Å². The van der Waals surface area contributed by atoms with Crippen LogP contribution < -0.4 is 15.2 Å². The Kier molecular flexibility index (Phi) is 5.84. The molecule has 4 rings (SSSR count). The van der Waals surface area contributed by atoms with E-state index in [-0.39, 0.29) is 0 Å². The number of hydrogen-bond acceptors (Lipinski definition) is 5. The van der Waals surface area contributed by atoms with Gasteiger partial charge in [0.2, 0.25) is 0 Å². The molecule has 1 saturated heterocycles. The van der Waals surface area contributed by atoms with Gasteiger partial charge in [-0.3, -0.25) is 0 Å². The Bertz CT molecular complexity index is 1170. The first-order chi connectivity index (χ1) is 14.2. The quantitative estimate of drug-likeness (QED) is 0.473. The van der Waals surface area contributed by atoms with E-state index < -0.39 is 13.6 Å². The number of carboxylic acid groups (broad SMARTS) is 1. The van der Waals surface area contributed by atoms with Gasteiger partial charge < -0.3 is 19.8 Å². The van der Waals surface area contributed by atoms with Crippen LogP contribution >= 0.6 is 28.9 Å². The molecule has 2 aromatic carbocycles. The second-order valence-electron chi connectivity index (χ2n) is 8.23. The van der Waals surface area contributed by atoms with E-state index in [4.69, 9.17) is 4.99 Å². The molecule has 0 amide bonds. The molecule has 160 valence electrons. The summed E-state index contributed by atoms with van der Waals surface area (Å²) in [5.74, 6) is -0.867. The maximum absolute atomic E-state index is 12.5. The van der Waals surface area contributed by atoms with Gasteiger partial charge in [-0.2, -0.15) is 0 Å². The first-order valence-corrected chi connectivity index (χ1v) is 13.7. The summed E-state index contributed by atoms with van der Waals surface area (Å²) < 4.78 is 0.861. The smallest absolute Gasteiger partial charge is 0.339 e. The number of hydrogen-bond donors (Lipinski definition) is 1. The normalized spacial score (nSPS) is 18.5. The zero-order valence-corrected chi connectivity index (χ0v) is 21.0. The Labute approximate surface area is 191 Å². The highest BCUT2D eigenvalue weighted by atomic mass is 127. The fourth-order valence-electron chi connectivity index (χ4n) is 4.06. The van der Waals surface area contributed by atoms with Crippen LogP contribution in [0.5, 0.6) is 0 Å². The number of likely N-dealkylation sites (N-methyl/N-ethyl adjacent to an activating group) is 1. The second kappa shape index (κ2) is 8.12. The summed E-state index contributed by atoms with van der Waals surface area (Å²) in [5.41, 5.74) is 5.51. The highest BCUT2D eigenvalue weighted by Gasteiger charge is 2.26. The fourth-order valence-corrected chi connectivity index (χ4v) is 7.93. The van der Waals surface area contributed by atoms with E-state index in [1.165, 1.54) is 0 Å². The number of rotatable bonds is 3. The highest BCUT2D eigenvalue weighted by Crippen LogP contribution is 2.48. The molecule has 1 N–H and O–H groups in total. The molecule has 2 heterocycles. The summed E-state index contributed by atoms with van der Waals surface area (Å²) in [7, 11) is 5.75. The monoisotopic (exact) mass is 538 g/mol. The van der Waals surface area contributed by atoms with Crippen LogP contribution in [0.4, 0.5) is 17.1 Å². The first-order valence-electron chi connectivity index (χ1n) is 9.97. The number of carbonyl (C=O) groups is 1. The molecule has 30 heavy (non-hydrogen) atoms. The van der Waals surface area contributed by atoms with Crippen molar-refractivity contribution in [2.75, 3.05) is 57.1 Å². The van der Waals surface area contributed by atoms with Crippen molar-refractivity contribution in [1.82, 2.24) is 4.90 Å². The van der Waals surface area contributed by atoms with Gasteiger partial charge in [-0.25, -0.2) is 9.79 Å². The molecule has 2 aromatic rings. The molecule has 0 aromatic heterocycles. The Morgan fingerprint density at radius 1 is 1.13 bits per heavy atom. The summed E-state index contributed by atoms with van der Waals surface area (Å²) in [4.78, 5) is 25.2. The number of carboxylic acids is 1. The average Bonchev–Trinajstić information content (AvgIpc) is 2.69. The predicted octanol–water partition coefficient (Wildman–Crippen LogP) is 4.01. The molecule has 0 saturated carbocycles. The number of aromatic carboxylic acids is 1. The van der Waals surface area contributed by atoms with E-state index in [0.29, 0.717) is 5.56 Å². The van der Waals surface area contributed by atoms with E-state index in [1.54, 1.807) is 0 Å². The van der Waals surface area contributed by atoms with Crippen LogP contribution in [0.3, 0.4) is 0 Å². The number of aryl methyl sites for hydroxylation is 2. The topological polar surface area (TPSA) is 59.4 Å². The van der Waals surface area contributed by atoms with Gasteiger partial charge in [0.15, 0.2) is 0 Å². The number of fused-ring (bicyclic) bond motifs is 2. The van der Waals surface area contributed by atoms with Crippen LogP contribution in [0.1, 0.15) is 21.5 Å². The summed E-state index contributed by atoms with van der Waals surface area (Å²) in [6.45, 7) is 7.67. The van der Waals surface area contributed by atoms with Crippen LogP contribution in [-0.2, 0) is 0 Å². The zero-order valence-electron chi connectivity index (χ0n) is 18.0. The number of nitrogens with zero attached hydrogens (tertiary/aromatic N) is 4. The molecule has 2 aliphatic rings. The minimum absolute atomic E-state index is 0.410. The molecule has 0 aliphatic carbocycles. The minimum Gasteiger partial charge on any atom is -0.478 e. The molecule has 1 fully saturated rings. The lowest BCUT2D eigenvalue weighted by Crippen LogP contribution is -2.45. The maximum Gasteiger partial charge on any atom is 0.339 e. The predicted molar refractivity (Wildman–Crippen MR) is 133 cm³/mol. The number of anilines is 2. The van der Waals surface area contributed by atoms with Crippen LogP contribution in [0.25, 0.3) is 0 Å². The fraction of sp³-hybridized carbons (Fsp3) is 0.409. The molecule has 6 nitrogen and oxygen atoms in total. The van der Waals surface area contributed by atoms with E-state index >= 15 is 0 Å². The van der Waals surface area contributed by atoms with E-state index in [9.17, 15) is 9.90 Å². The molecule has 0 bridgehead atoms. The van der Waals surface area contributed by atoms with Crippen molar-refractivity contribution in [1.29, 1.82) is 0 Å². The van der Waals surface area contributed by atoms with Crippen molar-refractivity contribution in [2.24, 2.45) is 4.99 Å². The zero-order chi connectivity index (χ0) is 21.7. The third-order valence-corrected chi connectivity index (χ3v) is 10.0. The molecular formula is C22H27IN4O2S. The number of benzene rings is 2. The van der Waals surface area contributed by atoms with Gasteiger partial charge >= 0.3 is 5.97 Å². The lowest BCUT2D eigenvalue weighted by molar-refractivity contribution is 0.0696. The van der Waals surface area contributed by atoms with Crippen molar-refractivity contribution in [2.45, 2.75) is 18.7 Å². The lowest BCUT2D eigenvalue weighted by Gasteiger charge is -2.35. The van der Waals surface area contributed by atoms with Gasteiger partial charge in [0.25, 0.3) is 0 Å². The molecule has 2 aliphatic heterocycles. The van der Waals surface area contributed by atoms with Gasteiger partial charge in [-0.05, 0) is 71.4 Å². The Balaban J connectivity index is 2.04. The van der Waals surface area contributed by atoms with Crippen molar-refractivity contribution >= 4 is 51.9 Å². The lowest BCUT2D eigenvalue weighted by atomic mass is 10.1. The standard InChI is InChI=1S/C22H27IN4O2S/c1-13-10-15(25(3)4)12-17-19(13)24-20-14(2)11-16(27-8-6-26(5)7-9-27)18(22(28)29)21(20)30(17)23/h10-12H,6-9H2,1-5H3,(H,28,29). The highest BCUT2D eigenvalue weighted by molar-refractivity contribution is 14.2. The molecule has 1 atom stereocenters. The van der Waals surface area contributed by atoms with E-state index in [0.717, 1.165) is 69.1 Å². The maximum atomic E-state index is 12.5. The molecule has 1 unspecified atom stereocenters. The van der Waals surface area contributed by atoms with Gasteiger partial charge in [0.1, 0.15) is 0 Å². The van der Waals surface area contributed by atoms with Crippen LogP contribution in [0, 0.1) is 18.4 Å². The third-order valence-electron chi connectivity index (χ3n) is 5.85. The average molecular weight is 538 g/mol. The molecule has 8 heteroatoms. The van der Waals surface area contributed by atoms with Crippen molar-refractivity contribution in [3.63, 3.8) is 0 Å². The van der Waals surface area contributed by atoms with Crippen molar-refractivity contribution < 1.29 is 9.90 Å². The minimum atomic E-state index is -0.867. The summed E-state index contributed by atoms with van der Waals surface area (Å²) >= 11 is 2.42. The van der Waals surface area contributed by atoms with Gasteiger partial charge in [0.05, 0.1) is 26.8 Å². The molecular weight excluding hydrogens is 511 g/mol. The summed E-state index contributed by atoms with van der Waals surface area (Å²) in [5, 5.41) is 11.1. The summed E-state index contributed by atoms with van der Waals surface area (Å²) in [6.07, 6.45) is 0. The van der Waals surface area contributed by atoms with Gasteiger partial charge in [0, 0.05) is 50.9 Å². The second-order valence-corrected chi connectivity index (χ2v) is 12.2. The SMILES string of the molecule is Cc1cc(N(C)C)cc2c1N=c1c(C)cc(N3CCN(C)CC3)c(C(=O)O)c1=S2I. The van der Waals surface area contributed by atoms with Crippen LogP contribution in [0.2, 0.25) is 0 Å². The van der Waals surface area contributed by atoms with Gasteiger partial charge in [-0.15, -0.1) is 0 Å². The Morgan fingerprint density at radius 3 is 2.40 bits per heavy atom. The largest absolute Gasteiger partial charge is 0.478 e. The van der Waals surface area contributed by atoms with Gasteiger partial charge in [-0.1, -0.05) is 7.66 Å². The molecule has 0 radical (unpaired) electrons. The number of halogens is 1. The Morgan fingerprint density at radius 2 is 1.80 bits per heavy atom. The first kappa shape index (κ1) is 21.6.